The molecule has 1 aromatic carbocycles. The van der Waals surface area contributed by atoms with Gasteiger partial charge in [-0.1, -0.05) is 24.2 Å². The molecule has 7 nitrogen and oxygen atoms in total. The summed E-state index contributed by atoms with van der Waals surface area (Å²) in [5, 5.41) is 7.12. The highest BCUT2D eigenvalue weighted by molar-refractivity contribution is 5.90. The van der Waals surface area contributed by atoms with Gasteiger partial charge in [0.1, 0.15) is 0 Å². The van der Waals surface area contributed by atoms with Crippen LogP contribution in [0, 0.1) is 19.8 Å². The van der Waals surface area contributed by atoms with Gasteiger partial charge in [-0.25, -0.2) is 4.79 Å². The van der Waals surface area contributed by atoms with E-state index in [2.05, 4.69) is 27.4 Å². The second-order valence-electron chi connectivity index (χ2n) is 7.43. The van der Waals surface area contributed by atoms with Crippen LogP contribution in [0.3, 0.4) is 0 Å². The second kappa shape index (κ2) is 7.42. The number of hydrogen-bond donors (Lipinski definition) is 1. The van der Waals surface area contributed by atoms with Crippen LogP contribution < -0.4 is 5.32 Å². The second-order valence-corrected chi connectivity index (χ2v) is 7.43. The molecule has 1 saturated heterocycles. The number of aromatic nitrogens is 3. The molecule has 3 heterocycles. The Bertz CT molecular complexity index is 985. The number of urea groups is 1. The molecule has 2 atom stereocenters. The van der Waals surface area contributed by atoms with Crippen molar-refractivity contribution in [3.63, 3.8) is 0 Å². The van der Waals surface area contributed by atoms with E-state index < -0.39 is 0 Å². The first-order valence-corrected chi connectivity index (χ1v) is 9.38. The van der Waals surface area contributed by atoms with Gasteiger partial charge in [0, 0.05) is 36.7 Å². The zero-order valence-electron chi connectivity index (χ0n) is 16.2. The number of hydrogen-bond acceptors (Lipinski definition) is 5. The molecule has 144 valence electrons. The van der Waals surface area contributed by atoms with Crippen molar-refractivity contribution in [1.29, 1.82) is 0 Å². The number of aryl methyl sites for hydroxylation is 2. The summed E-state index contributed by atoms with van der Waals surface area (Å²) in [6, 6.07) is 9.63. The summed E-state index contributed by atoms with van der Waals surface area (Å²) < 4.78 is 5.51. The van der Waals surface area contributed by atoms with Crippen molar-refractivity contribution < 1.29 is 9.32 Å². The standard InChI is InChI=1S/C21H23N5O2/c1-13-4-5-14(2)18(10-13)23-21(27)26-11-15(3)17(12-26)20-24-19(25-28-20)16-6-8-22-9-7-16/h4-10,15,17H,11-12H2,1-3H3,(H,23,27)/t15-,17-/m0/s1. The predicted molar refractivity (Wildman–Crippen MR) is 106 cm³/mol. The zero-order valence-corrected chi connectivity index (χ0v) is 16.2. The Morgan fingerprint density at radius 3 is 2.75 bits per heavy atom. The topological polar surface area (TPSA) is 84.2 Å². The molecule has 1 fully saturated rings. The summed E-state index contributed by atoms with van der Waals surface area (Å²) in [6.07, 6.45) is 3.39. The number of nitrogens with zero attached hydrogens (tertiary/aromatic N) is 4. The van der Waals surface area contributed by atoms with Crippen LogP contribution in [0.5, 0.6) is 0 Å². The van der Waals surface area contributed by atoms with Crippen LogP contribution in [0.1, 0.15) is 29.9 Å². The Kier molecular flexibility index (Phi) is 4.81. The monoisotopic (exact) mass is 377 g/mol. The minimum absolute atomic E-state index is 0.0208. The van der Waals surface area contributed by atoms with Crippen LogP contribution in [0.4, 0.5) is 10.5 Å². The van der Waals surface area contributed by atoms with Crippen molar-refractivity contribution in [2.75, 3.05) is 18.4 Å². The Morgan fingerprint density at radius 1 is 1.18 bits per heavy atom. The zero-order chi connectivity index (χ0) is 19.7. The van der Waals surface area contributed by atoms with Gasteiger partial charge in [-0.2, -0.15) is 4.98 Å². The molecule has 4 rings (SSSR count). The predicted octanol–water partition coefficient (Wildman–Crippen LogP) is 4.02. The Hall–Kier alpha value is -3.22. The number of likely N-dealkylation sites (tertiary alicyclic amines) is 1. The third kappa shape index (κ3) is 3.60. The Labute approximate surface area is 163 Å². The van der Waals surface area contributed by atoms with Crippen molar-refractivity contribution in [3.8, 4) is 11.4 Å². The van der Waals surface area contributed by atoms with E-state index in [1.54, 1.807) is 12.4 Å². The third-order valence-corrected chi connectivity index (χ3v) is 5.23. The molecule has 28 heavy (non-hydrogen) atoms. The van der Waals surface area contributed by atoms with E-state index in [0.717, 1.165) is 22.4 Å². The molecule has 3 aromatic rings. The summed E-state index contributed by atoms with van der Waals surface area (Å²) in [5.41, 5.74) is 3.86. The van der Waals surface area contributed by atoms with Crippen molar-refractivity contribution in [1.82, 2.24) is 20.0 Å². The minimum Gasteiger partial charge on any atom is -0.339 e. The summed E-state index contributed by atoms with van der Waals surface area (Å²) in [5.74, 6) is 1.37. The number of nitrogens with one attached hydrogen (secondary N) is 1. The molecule has 2 amide bonds. The lowest BCUT2D eigenvalue weighted by Crippen LogP contribution is -2.33. The number of benzene rings is 1. The third-order valence-electron chi connectivity index (χ3n) is 5.23. The lowest BCUT2D eigenvalue weighted by atomic mass is 9.98. The van der Waals surface area contributed by atoms with E-state index >= 15 is 0 Å². The van der Waals surface area contributed by atoms with Gasteiger partial charge in [-0.3, -0.25) is 4.98 Å². The summed E-state index contributed by atoms with van der Waals surface area (Å²) in [4.78, 5) is 23.1. The summed E-state index contributed by atoms with van der Waals surface area (Å²) >= 11 is 0. The maximum absolute atomic E-state index is 12.8. The van der Waals surface area contributed by atoms with Crippen LogP contribution in [-0.4, -0.2) is 39.1 Å². The normalized spacial score (nSPS) is 19.0. The van der Waals surface area contributed by atoms with Gasteiger partial charge in [0.2, 0.25) is 11.7 Å². The number of pyridine rings is 1. The van der Waals surface area contributed by atoms with Gasteiger partial charge in [-0.05, 0) is 49.1 Å². The highest BCUT2D eigenvalue weighted by Gasteiger charge is 2.37. The SMILES string of the molecule is Cc1ccc(C)c(NC(=O)N2C[C@H](c3nc(-c4ccncc4)no3)[C@@H](C)C2)c1. The molecule has 1 N–H and O–H groups in total. The fourth-order valence-electron chi connectivity index (χ4n) is 3.52. The van der Waals surface area contributed by atoms with E-state index in [1.807, 2.05) is 49.1 Å². The number of amides is 2. The molecule has 0 bridgehead atoms. The van der Waals surface area contributed by atoms with Gasteiger partial charge < -0.3 is 14.7 Å². The molecule has 0 aliphatic carbocycles. The maximum Gasteiger partial charge on any atom is 0.321 e. The van der Waals surface area contributed by atoms with Crippen LogP contribution in [0.2, 0.25) is 0 Å². The average Bonchev–Trinajstić information content (AvgIpc) is 3.32. The molecule has 0 spiro atoms. The first-order chi connectivity index (χ1) is 13.5. The fourth-order valence-corrected chi connectivity index (χ4v) is 3.52. The van der Waals surface area contributed by atoms with E-state index in [0.29, 0.717) is 24.8 Å². The number of carbonyl (C=O) groups is 1. The van der Waals surface area contributed by atoms with Gasteiger partial charge >= 0.3 is 6.03 Å². The first-order valence-electron chi connectivity index (χ1n) is 9.38. The summed E-state index contributed by atoms with van der Waals surface area (Å²) in [7, 11) is 0. The molecular formula is C21H23N5O2. The van der Waals surface area contributed by atoms with E-state index in [9.17, 15) is 4.79 Å². The highest BCUT2D eigenvalue weighted by atomic mass is 16.5. The Balaban J connectivity index is 1.47. The lowest BCUT2D eigenvalue weighted by Gasteiger charge is -2.18. The summed E-state index contributed by atoms with van der Waals surface area (Å²) in [6.45, 7) is 7.30. The largest absolute Gasteiger partial charge is 0.339 e. The smallest absolute Gasteiger partial charge is 0.321 e. The van der Waals surface area contributed by atoms with Crippen LogP contribution >= 0.6 is 0 Å². The lowest BCUT2D eigenvalue weighted by molar-refractivity contribution is 0.220. The number of anilines is 1. The molecular weight excluding hydrogens is 354 g/mol. The maximum atomic E-state index is 12.8. The van der Waals surface area contributed by atoms with Gasteiger partial charge in [0.05, 0.1) is 5.92 Å². The van der Waals surface area contributed by atoms with Crippen LogP contribution in [0.15, 0.2) is 47.2 Å². The minimum atomic E-state index is -0.100. The van der Waals surface area contributed by atoms with E-state index in [4.69, 9.17) is 4.52 Å². The van der Waals surface area contributed by atoms with Crippen molar-refractivity contribution in [2.24, 2.45) is 5.92 Å². The molecule has 0 radical (unpaired) electrons. The molecule has 1 aliphatic heterocycles. The van der Waals surface area contributed by atoms with Crippen LogP contribution in [0.25, 0.3) is 11.4 Å². The number of carbonyl (C=O) groups excluding carboxylic acids is 1. The average molecular weight is 377 g/mol. The molecule has 0 saturated carbocycles. The van der Waals surface area contributed by atoms with Crippen molar-refractivity contribution in [2.45, 2.75) is 26.7 Å². The number of rotatable bonds is 3. The van der Waals surface area contributed by atoms with E-state index in [-0.39, 0.29) is 17.9 Å². The Morgan fingerprint density at radius 2 is 1.96 bits per heavy atom. The fraction of sp³-hybridized carbons (Fsp3) is 0.333. The molecule has 7 heteroatoms. The van der Waals surface area contributed by atoms with Crippen molar-refractivity contribution >= 4 is 11.7 Å². The first kappa shape index (κ1) is 18.2. The van der Waals surface area contributed by atoms with Gasteiger partial charge in [-0.15, -0.1) is 0 Å². The van der Waals surface area contributed by atoms with Gasteiger partial charge in [0.25, 0.3) is 0 Å². The molecule has 1 aliphatic rings. The molecule has 2 aromatic heterocycles. The van der Waals surface area contributed by atoms with Crippen LogP contribution in [-0.2, 0) is 0 Å². The van der Waals surface area contributed by atoms with Crippen molar-refractivity contribution in [3.05, 3.63) is 59.7 Å². The van der Waals surface area contributed by atoms with Gasteiger partial charge in [0.15, 0.2) is 0 Å². The highest BCUT2D eigenvalue weighted by Crippen LogP contribution is 2.33. The van der Waals surface area contributed by atoms with E-state index in [1.165, 1.54) is 0 Å². The molecule has 0 unspecified atom stereocenters. The quantitative estimate of drug-likeness (QED) is 0.745.